The summed E-state index contributed by atoms with van der Waals surface area (Å²) in [5, 5.41) is 3.33. The Labute approximate surface area is 140 Å². The zero-order valence-corrected chi connectivity index (χ0v) is 14.8. The summed E-state index contributed by atoms with van der Waals surface area (Å²) in [6.45, 7) is 8.44. The third kappa shape index (κ3) is 7.53. The highest BCUT2D eigenvalue weighted by Gasteiger charge is 2.04. The zero-order chi connectivity index (χ0) is 13.9. The summed E-state index contributed by atoms with van der Waals surface area (Å²) in [5.74, 6) is 0.968. The van der Waals surface area contributed by atoms with Crippen LogP contribution < -0.4 is 5.32 Å². The maximum Gasteiger partial charge on any atom is 0.193 e. The lowest BCUT2D eigenvalue weighted by Gasteiger charge is -2.21. The summed E-state index contributed by atoms with van der Waals surface area (Å²) in [5.41, 5.74) is 1.23. The van der Waals surface area contributed by atoms with Gasteiger partial charge in [-0.1, -0.05) is 36.4 Å². The van der Waals surface area contributed by atoms with Crippen LogP contribution in [0.15, 0.2) is 48.0 Å². The van der Waals surface area contributed by atoms with Gasteiger partial charge < -0.3 is 10.2 Å². The van der Waals surface area contributed by atoms with Crippen molar-refractivity contribution in [3.63, 3.8) is 0 Å². The van der Waals surface area contributed by atoms with E-state index in [2.05, 4.69) is 47.9 Å². The van der Waals surface area contributed by atoms with Crippen LogP contribution in [0.1, 0.15) is 25.3 Å². The summed E-state index contributed by atoms with van der Waals surface area (Å²) >= 11 is 0. The predicted octanol–water partition coefficient (Wildman–Crippen LogP) is 3.67. The van der Waals surface area contributed by atoms with Crippen molar-refractivity contribution in [2.24, 2.45) is 4.99 Å². The molecule has 112 valence electrons. The molecule has 0 unspecified atom stereocenters. The summed E-state index contributed by atoms with van der Waals surface area (Å²) in [7, 11) is 2.08. The average Bonchev–Trinajstić information content (AvgIpc) is 2.44. The number of nitrogens with one attached hydrogen (secondary N) is 1. The van der Waals surface area contributed by atoms with Gasteiger partial charge in [-0.25, -0.2) is 4.99 Å². The van der Waals surface area contributed by atoms with E-state index < -0.39 is 0 Å². The van der Waals surface area contributed by atoms with Gasteiger partial charge in [-0.05, 0) is 25.3 Å². The van der Waals surface area contributed by atoms with Crippen LogP contribution in [-0.4, -0.2) is 31.0 Å². The average molecular weight is 387 g/mol. The zero-order valence-electron chi connectivity index (χ0n) is 12.5. The Morgan fingerprint density at radius 3 is 2.65 bits per heavy atom. The maximum absolute atomic E-state index is 4.67. The molecular weight excluding hydrogens is 361 g/mol. The van der Waals surface area contributed by atoms with Crippen LogP contribution in [0, 0.1) is 0 Å². The lowest BCUT2D eigenvalue weighted by atomic mass is 10.2. The van der Waals surface area contributed by atoms with E-state index in [9.17, 15) is 0 Å². The molecule has 1 N–H and O–H groups in total. The Bertz CT molecular complexity index is 390. The minimum atomic E-state index is 0. The standard InChI is InChI=1S/C16H25N3.HI/c1-4-6-10-13-19(3)16(17-5-2)18-14-15-11-8-7-9-12-15;/h4,7-9,11-12H,1,5-6,10,13-14H2,2-3H3,(H,17,18);1H. The minimum absolute atomic E-state index is 0. The highest BCUT2D eigenvalue weighted by molar-refractivity contribution is 14.0. The number of aliphatic imine (C=N–C) groups is 1. The van der Waals surface area contributed by atoms with Gasteiger partial charge in [0.05, 0.1) is 6.54 Å². The van der Waals surface area contributed by atoms with Crippen LogP contribution in [0.5, 0.6) is 0 Å². The van der Waals surface area contributed by atoms with E-state index in [0.717, 1.165) is 38.4 Å². The number of hydrogen-bond acceptors (Lipinski definition) is 1. The number of guanidine groups is 1. The molecule has 0 aromatic heterocycles. The Kier molecular flexibility index (Phi) is 11.1. The molecule has 0 saturated carbocycles. The lowest BCUT2D eigenvalue weighted by Crippen LogP contribution is -2.39. The molecule has 0 aliphatic rings. The predicted molar refractivity (Wildman–Crippen MR) is 98.7 cm³/mol. The first-order valence-electron chi connectivity index (χ1n) is 6.92. The second-order valence-electron chi connectivity index (χ2n) is 4.51. The van der Waals surface area contributed by atoms with Gasteiger partial charge in [-0.2, -0.15) is 0 Å². The van der Waals surface area contributed by atoms with E-state index in [1.807, 2.05) is 24.3 Å². The van der Waals surface area contributed by atoms with Crippen LogP contribution in [-0.2, 0) is 6.54 Å². The van der Waals surface area contributed by atoms with Crippen molar-refractivity contribution in [1.82, 2.24) is 10.2 Å². The van der Waals surface area contributed by atoms with E-state index in [0.29, 0.717) is 0 Å². The Balaban J connectivity index is 0.00000361. The topological polar surface area (TPSA) is 27.6 Å². The molecule has 0 saturated heterocycles. The van der Waals surface area contributed by atoms with E-state index in [4.69, 9.17) is 0 Å². The fourth-order valence-electron chi connectivity index (χ4n) is 1.80. The van der Waals surface area contributed by atoms with E-state index >= 15 is 0 Å². The van der Waals surface area contributed by atoms with Crippen molar-refractivity contribution >= 4 is 29.9 Å². The van der Waals surface area contributed by atoms with Crippen molar-refractivity contribution in [2.45, 2.75) is 26.3 Å². The van der Waals surface area contributed by atoms with E-state index in [-0.39, 0.29) is 24.0 Å². The first-order valence-corrected chi connectivity index (χ1v) is 6.92. The van der Waals surface area contributed by atoms with Gasteiger partial charge in [0.1, 0.15) is 0 Å². The molecule has 0 fully saturated rings. The highest BCUT2D eigenvalue weighted by Crippen LogP contribution is 2.01. The van der Waals surface area contributed by atoms with Crippen molar-refractivity contribution in [2.75, 3.05) is 20.1 Å². The molecule has 0 radical (unpaired) electrons. The molecule has 0 heterocycles. The fraction of sp³-hybridized carbons (Fsp3) is 0.438. The molecule has 0 amide bonds. The molecule has 4 heteroatoms. The van der Waals surface area contributed by atoms with E-state index in [1.54, 1.807) is 0 Å². The molecule has 0 atom stereocenters. The maximum atomic E-state index is 4.67. The third-order valence-electron chi connectivity index (χ3n) is 2.85. The first-order chi connectivity index (χ1) is 9.27. The molecule has 0 aliphatic carbocycles. The molecule has 0 aliphatic heterocycles. The number of rotatable bonds is 7. The number of unbranched alkanes of at least 4 members (excludes halogenated alkanes) is 1. The normalized spacial score (nSPS) is 10.6. The van der Waals surface area contributed by atoms with Crippen molar-refractivity contribution in [3.05, 3.63) is 48.6 Å². The number of hydrogen-bond donors (Lipinski definition) is 1. The molecule has 1 aromatic rings. The summed E-state index contributed by atoms with van der Waals surface area (Å²) in [4.78, 5) is 6.84. The minimum Gasteiger partial charge on any atom is -0.357 e. The van der Waals surface area contributed by atoms with Crippen LogP contribution in [0.3, 0.4) is 0 Å². The van der Waals surface area contributed by atoms with Gasteiger partial charge in [-0.15, -0.1) is 30.6 Å². The van der Waals surface area contributed by atoms with Crippen molar-refractivity contribution in [3.8, 4) is 0 Å². The van der Waals surface area contributed by atoms with E-state index in [1.165, 1.54) is 5.56 Å². The Hall–Kier alpha value is -1.04. The molecule has 1 aromatic carbocycles. The largest absolute Gasteiger partial charge is 0.357 e. The van der Waals surface area contributed by atoms with Gasteiger partial charge in [0.2, 0.25) is 0 Å². The first kappa shape index (κ1) is 19.0. The second-order valence-corrected chi connectivity index (χ2v) is 4.51. The highest BCUT2D eigenvalue weighted by atomic mass is 127. The Morgan fingerprint density at radius 2 is 2.05 bits per heavy atom. The van der Waals surface area contributed by atoms with Crippen LogP contribution in [0.25, 0.3) is 0 Å². The molecule has 1 rings (SSSR count). The molecule has 20 heavy (non-hydrogen) atoms. The quantitative estimate of drug-likeness (QED) is 0.254. The fourth-order valence-corrected chi connectivity index (χ4v) is 1.80. The summed E-state index contributed by atoms with van der Waals surface area (Å²) < 4.78 is 0. The monoisotopic (exact) mass is 387 g/mol. The smallest absolute Gasteiger partial charge is 0.193 e. The molecular formula is C16H26IN3. The van der Waals surface area contributed by atoms with Gasteiger partial charge in [0.15, 0.2) is 5.96 Å². The SMILES string of the molecule is C=CCCCN(C)C(=NCc1ccccc1)NCC.I. The number of allylic oxidation sites excluding steroid dienone is 1. The van der Waals surface area contributed by atoms with Crippen LogP contribution in [0.4, 0.5) is 0 Å². The summed E-state index contributed by atoms with van der Waals surface area (Å²) in [6.07, 6.45) is 4.11. The lowest BCUT2D eigenvalue weighted by molar-refractivity contribution is 0.470. The van der Waals surface area contributed by atoms with Crippen molar-refractivity contribution in [1.29, 1.82) is 0 Å². The van der Waals surface area contributed by atoms with Crippen LogP contribution in [0.2, 0.25) is 0 Å². The van der Waals surface area contributed by atoms with Gasteiger partial charge in [-0.3, -0.25) is 0 Å². The van der Waals surface area contributed by atoms with Crippen molar-refractivity contribution < 1.29 is 0 Å². The van der Waals surface area contributed by atoms with Crippen LogP contribution >= 0.6 is 24.0 Å². The third-order valence-corrected chi connectivity index (χ3v) is 2.85. The van der Waals surface area contributed by atoms with Gasteiger partial charge in [0.25, 0.3) is 0 Å². The number of nitrogens with zero attached hydrogens (tertiary/aromatic N) is 2. The molecule has 3 nitrogen and oxygen atoms in total. The van der Waals surface area contributed by atoms with Gasteiger partial charge in [0, 0.05) is 20.1 Å². The summed E-state index contributed by atoms with van der Waals surface area (Å²) in [6, 6.07) is 10.3. The number of halogens is 1. The number of benzene rings is 1. The Morgan fingerprint density at radius 1 is 1.35 bits per heavy atom. The van der Waals surface area contributed by atoms with Gasteiger partial charge >= 0.3 is 0 Å². The molecule has 0 bridgehead atoms. The molecule has 0 spiro atoms. The second kappa shape index (κ2) is 11.8.